The minimum atomic E-state index is 0.663. The van der Waals surface area contributed by atoms with E-state index in [4.69, 9.17) is 17.0 Å². The molecular weight excluding hydrogens is 402 g/mol. The summed E-state index contributed by atoms with van der Waals surface area (Å²) in [4.78, 5) is 4.43. The summed E-state index contributed by atoms with van der Waals surface area (Å²) in [5, 5.41) is 3.92. The van der Waals surface area contributed by atoms with Crippen molar-refractivity contribution in [2.75, 3.05) is 44.0 Å². The first-order valence-electron chi connectivity index (χ1n) is 11.6. The monoisotopic (exact) mass is 441 g/mol. The molecule has 2 aromatic carbocycles. The van der Waals surface area contributed by atoms with Gasteiger partial charge >= 0.3 is 0 Å². The molecule has 4 nitrogen and oxygen atoms in total. The van der Waals surface area contributed by atoms with Crippen molar-refractivity contribution in [1.82, 2.24) is 4.90 Å². The van der Waals surface area contributed by atoms with Crippen LogP contribution in [-0.4, -0.2) is 43.8 Å². The van der Waals surface area contributed by atoms with Crippen molar-refractivity contribution in [3.8, 4) is 5.75 Å². The zero-order valence-corrected chi connectivity index (χ0v) is 20.3. The SMILES string of the molecule is CCCCCN(C)CCCCCCOc1ccc(N(C)C(=S)Nc2ccccc2)cc1. The maximum absolute atomic E-state index is 5.91. The van der Waals surface area contributed by atoms with E-state index in [1.165, 1.54) is 51.6 Å². The van der Waals surface area contributed by atoms with Gasteiger partial charge < -0.3 is 19.9 Å². The van der Waals surface area contributed by atoms with Crippen LogP contribution in [-0.2, 0) is 0 Å². The molecule has 0 bridgehead atoms. The van der Waals surface area contributed by atoms with Crippen LogP contribution in [0.2, 0.25) is 0 Å². The van der Waals surface area contributed by atoms with Gasteiger partial charge in [-0.3, -0.25) is 0 Å². The summed E-state index contributed by atoms with van der Waals surface area (Å²) >= 11 is 5.52. The minimum absolute atomic E-state index is 0.663. The third-order valence-electron chi connectivity index (χ3n) is 5.40. The lowest BCUT2D eigenvalue weighted by Gasteiger charge is -2.21. The summed E-state index contributed by atoms with van der Waals surface area (Å²) in [6, 6.07) is 18.1. The Kier molecular flexibility index (Phi) is 12.0. The van der Waals surface area contributed by atoms with Crippen LogP contribution in [0.15, 0.2) is 54.6 Å². The molecule has 0 spiro atoms. The van der Waals surface area contributed by atoms with Gasteiger partial charge in [0.2, 0.25) is 0 Å². The normalized spacial score (nSPS) is 10.8. The first-order valence-corrected chi connectivity index (χ1v) is 12.0. The molecule has 0 amide bonds. The zero-order chi connectivity index (χ0) is 22.3. The average molecular weight is 442 g/mol. The number of hydrogen-bond donors (Lipinski definition) is 1. The third-order valence-corrected chi connectivity index (χ3v) is 5.78. The first kappa shape index (κ1) is 25.2. The Morgan fingerprint density at radius 3 is 2.16 bits per heavy atom. The van der Waals surface area contributed by atoms with Crippen LogP contribution in [0.3, 0.4) is 0 Å². The molecule has 0 aromatic heterocycles. The topological polar surface area (TPSA) is 27.7 Å². The number of nitrogens with zero attached hydrogens (tertiary/aromatic N) is 2. The number of benzene rings is 2. The number of hydrogen-bond acceptors (Lipinski definition) is 3. The van der Waals surface area contributed by atoms with Gasteiger partial charge in [0.25, 0.3) is 0 Å². The summed E-state index contributed by atoms with van der Waals surface area (Å²) in [6.45, 7) is 5.47. The Morgan fingerprint density at radius 1 is 0.839 bits per heavy atom. The average Bonchev–Trinajstić information content (AvgIpc) is 2.79. The molecule has 170 valence electrons. The molecule has 0 saturated carbocycles. The number of thiocarbonyl (C=S) groups is 1. The molecule has 0 unspecified atom stereocenters. The van der Waals surface area contributed by atoms with E-state index in [-0.39, 0.29) is 0 Å². The summed E-state index contributed by atoms with van der Waals surface area (Å²) < 4.78 is 5.91. The highest BCUT2D eigenvalue weighted by Gasteiger charge is 2.07. The molecule has 0 saturated heterocycles. The van der Waals surface area contributed by atoms with E-state index < -0.39 is 0 Å². The first-order chi connectivity index (χ1) is 15.1. The van der Waals surface area contributed by atoms with Crippen LogP contribution in [0.4, 0.5) is 11.4 Å². The molecule has 0 aliphatic carbocycles. The lowest BCUT2D eigenvalue weighted by atomic mass is 10.2. The van der Waals surface area contributed by atoms with Gasteiger partial charge in [0, 0.05) is 18.4 Å². The van der Waals surface area contributed by atoms with Crippen molar-refractivity contribution in [3.05, 3.63) is 54.6 Å². The van der Waals surface area contributed by atoms with Crippen molar-refractivity contribution < 1.29 is 4.74 Å². The number of para-hydroxylation sites is 1. The predicted octanol–water partition coefficient (Wildman–Crippen LogP) is 6.58. The Labute approximate surface area is 194 Å². The standard InChI is InChI=1S/C26H39N3OS/c1-4-5-11-20-28(2)21-12-6-7-13-22-30-25-18-16-24(17-19-25)29(3)26(31)27-23-14-9-8-10-15-23/h8-10,14-19H,4-7,11-13,20-22H2,1-3H3,(H,27,31). The molecule has 2 aromatic rings. The predicted molar refractivity (Wildman–Crippen MR) is 138 cm³/mol. The van der Waals surface area contributed by atoms with Crippen molar-refractivity contribution >= 4 is 28.7 Å². The maximum Gasteiger partial charge on any atom is 0.177 e. The van der Waals surface area contributed by atoms with Crippen LogP contribution < -0.4 is 15.0 Å². The highest BCUT2D eigenvalue weighted by atomic mass is 32.1. The second-order valence-corrected chi connectivity index (χ2v) is 8.51. The van der Waals surface area contributed by atoms with E-state index in [0.717, 1.165) is 30.2 Å². The molecular formula is C26H39N3OS. The van der Waals surface area contributed by atoms with E-state index in [1.807, 2.05) is 66.5 Å². The van der Waals surface area contributed by atoms with E-state index >= 15 is 0 Å². The highest BCUT2D eigenvalue weighted by Crippen LogP contribution is 2.20. The van der Waals surface area contributed by atoms with E-state index in [2.05, 4.69) is 24.2 Å². The molecule has 31 heavy (non-hydrogen) atoms. The van der Waals surface area contributed by atoms with Crippen molar-refractivity contribution in [1.29, 1.82) is 0 Å². The molecule has 1 N–H and O–H groups in total. The second-order valence-electron chi connectivity index (χ2n) is 8.12. The second kappa shape index (κ2) is 14.8. The van der Waals surface area contributed by atoms with Crippen LogP contribution in [0.25, 0.3) is 0 Å². The van der Waals surface area contributed by atoms with Gasteiger partial charge in [0.1, 0.15) is 5.75 Å². The zero-order valence-electron chi connectivity index (χ0n) is 19.5. The van der Waals surface area contributed by atoms with Crippen molar-refractivity contribution in [3.63, 3.8) is 0 Å². The largest absolute Gasteiger partial charge is 0.494 e. The van der Waals surface area contributed by atoms with E-state index in [9.17, 15) is 0 Å². The number of nitrogens with one attached hydrogen (secondary N) is 1. The molecule has 0 aliphatic heterocycles. The number of anilines is 2. The van der Waals surface area contributed by atoms with Gasteiger partial charge in [-0.15, -0.1) is 0 Å². The van der Waals surface area contributed by atoms with Crippen LogP contribution in [0.1, 0.15) is 51.9 Å². The fourth-order valence-electron chi connectivity index (χ4n) is 3.38. The summed E-state index contributed by atoms with van der Waals surface area (Å²) in [5.74, 6) is 0.912. The quantitative estimate of drug-likeness (QED) is 0.264. The Hall–Kier alpha value is -2.11. The summed E-state index contributed by atoms with van der Waals surface area (Å²) in [7, 11) is 4.21. The fraction of sp³-hybridized carbons (Fsp3) is 0.500. The Balaban J connectivity index is 1.60. The fourth-order valence-corrected chi connectivity index (χ4v) is 3.61. The van der Waals surface area contributed by atoms with Gasteiger partial charge in [-0.05, 0) is 88.0 Å². The van der Waals surface area contributed by atoms with E-state index in [0.29, 0.717) is 5.11 Å². The van der Waals surface area contributed by atoms with Crippen molar-refractivity contribution in [2.45, 2.75) is 51.9 Å². The molecule has 0 aliphatic rings. The number of unbranched alkanes of at least 4 members (excludes halogenated alkanes) is 5. The van der Waals surface area contributed by atoms with Crippen molar-refractivity contribution in [2.24, 2.45) is 0 Å². The van der Waals surface area contributed by atoms with Crippen LogP contribution in [0.5, 0.6) is 5.75 Å². The number of ether oxygens (including phenoxy) is 1. The lowest BCUT2D eigenvalue weighted by molar-refractivity contribution is 0.294. The molecule has 0 radical (unpaired) electrons. The smallest absolute Gasteiger partial charge is 0.177 e. The van der Waals surface area contributed by atoms with Crippen LogP contribution >= 0.6 is 12.2 Å². The molecule has 0 fully saturated rings. The van der Waals surface area contributed by atoms with E-state index in [1.54, 1.807) is 0 Å². The summed E-state index contributed by atoms with van der Waals surface area (Å²) in [6.07, 6.45) is 8.85. The van der Waals surface area contributed by atoms with Crippen LogP contribution in [0, 0.1) is 0 Å². The Bertz CT molecular complexity index is 736. The van der Waals surface area contributed by atoms with Gasteiger partial charge in [0.05, 0.1) is 6.61 Å². The summed E-state index contributed by atoms with van der Waals surface area (Å²) in [5.41, 5.74) is 2.02. The number of rotatable bonds is 14. The minimum Gasteiger partial charge on any atom is -0.494 e. The maximum atomic E-state index is 5.91. The molecule has 5 heteroatoms. The highest BCUT2D eigenvalue weighted by molar-refractivity contribution is 7.80. The van der Waals surface area contributed by atoms with Gasteiger partial charge in [-0.2, -0.15) is 0 Å². The third kappa shape index (κ3) is 10.2. The molecule has 0 atom stereocenters. The molecule has 2 rings (SSSR count). The van der Waals surface area contributed by atoms with Gasteiger partial charge in [-0.25, -0.2) is 0 Å². The molecule has 0 heterocycles. The lowest BCUT2D eigenvalue weighted by Crippen LogP contribution is -2.30. The van der Waals surface area contributed by atoms with Gasteiger partial charge in [0.15, 0.2) is 5.11 Å². The van der Waals surface area contributed by atoms with Gasteiger partial charge in [-0.1, -0.05) is 50.8 Å². The Morgan fingerprint density at radius 2 is 1.48 bits per heavy atom.